The van der Waals surface area contributed by atoms with E-state index in [1.54, 1.807) is 5.38 Å². The van der Waals surface area contributed by atoms with Crippen LogP contribution in [0.2, 0.25) is 0 Å². The lowest BCUT2D eigenvalue weighted by atomic mass is 10.2. The predicted octanol–water partition coefficient (Wildman–Crippen LogP) is 1.33. The summed E-state index contributed by atoms with van der Waals surface area (Å²) in [7, 11) is -3.53. The molecule has 0 spiro atoms. The lowest BCUT2D eigenvalue weighted by Gasteiger charge is -2.42. The van der Waals surface area contributed by atoms with Gasteiger partial charge in [0, 0.05) is 5.38 Å². The normalized spacial score (nSPS) is 21.4. The van der Waals surface area contributed by atoms with Gasteiger partial charge in [-0.2, -0.15) is 0 Å². The SMILES string of the molecule is CC1(C)C(=O)N(Cc2nc(CCl)cs2)S1(=O)=O. The van der Waals surface area contributed by atoms with E-state index in [0.29, 0.717) is 10.7 Å². The van der Waals surface area contributed by atoms with Gasteiger partial charge < -0.3 is 0 Å². The Morgan fingerprint density at radius 1 is 1.53 bits per heavy atom. The molecule has 1 aromatic rings. The highest BCUT2D eigenvalue weighted by atomic mass is 35.5. The number of aromatic nitrogens is 1. The Morgan fingerprint density at radius 2 is 2.18 bits per heavy atom. The van der Waals surface area contributed by atoms with Crippen molar-refractivity contribution in [2.45, 2.75) is 31.0 Å². The number of hydrogen-bond acceptors (Lipinski definition) is 5. The quantitative estimate of drug-likeness (QED) is 0.789. The molecule has 1 aliphatic heterocycles. The lowest BCUT2D eigenvalue weighted by molar-refractivity contribution is -0.132. The molecular weight excluding hydrogens is 284 g/mol. The molecule has 1 aliphatic rings. The van der Waals surface area contributed by atoms with Crippen molar-refractivity contribution in [3.8, 4) is 0 Å². The maximum Gasteiger partial charge on any atom is 0.259 e. The van der Waals surface area contributed by atoms with Crippen molar-refractivity contribution >= 4 is 38.9 Å². The molecule has 0 aliphatic carbocycles. The Balaban J connectivity index is 2.19. The number of carbonyl (C=O) groups excluding carboxylic acids is 1. The predicted molar refractivity (Wildman–Crippen MR) is 65.2 cm³/mol. The first kappa shape index (κ1) is 12.8. The summed E-state index contributed by atoms with van der Waals surface area (Å²) in [5.41, 5.74) is 0.691. The minimum atomic E-state index is -3.53. The van der Waals surface area contributed by atoms with Crippen LogP contribution in [0.3, 0.4) is 0 Å². The molecule has 94 valence electrons. The highest BCUT2D eigenvalue weighted by molar-refractivity contribution is 7.94. The summed E-state index contributed by atoms with van der Waals surface area (Å²) in [6.07, 6.45) is 0. The monoisotopic (exact) mass is 294 g/mol. The van der Waals surface area contributed by atoms with Gasteiger partial charge in [-0.3, -0.25) is 4.79 Å². The van der Waals surface area contributed by atoms with Gasteiger partial charge in [-0.05, 0) is 13.8 Å². The highest BCUT2D eigenvalue weighted by Crippen LogP contribution is 2.36. The van der Waals surface area contributed by atoms with E-state index in [2.05, 4.69) is 4.98 Å². The van der Waals surface area contributed by atoms with Crippen LogP contribution in [-0.2, 0) is 27.2 Å². The second kappa shape index (κ2) is 3.93. The van der Waals surface area contributed by atoms with E-state index in [4.69, 9.17) is 11.6 Å². The molecule has 0 saturated carbocycles. The molecule has 0 bridgehead atoms. The van der Waals surface area contributed by atoms with Crippen LogP contribution in [0.25, 0.3) is 0 Å². The van der Waals surface area contributed by atoms with Crippen LogP contribution in [0.15, 0.2) is 5.38 Å². The third-order valence-corrected chi connectivity index (χ3v) is 6.19. The molecule has 1 amide bonds. The van der Waals surface area contributed by atoms with Gasteiger partial charge in [0.25, 0.3) is 15.9 Å². The van der Waals surface area contributed by atoms with Crippen LogP contribution in [0.5, 0.6) is 0 Å². The molecular formula is C9H11ClN2O3S2. The molecule has 0 N–H and O–H groups in total. The summed E-state index contributed by atoms with van der Waals surface area (Å²) >= 11 is 6.90. The Hall–Kier alpha value is -0.660. The summed E-state index contributed by atoms with van der Waals surface area (Å²) in [5, 5.41) is 2.33. The second-order valence-electron chi connectivity index (χ2n) is 4.19. The van der Waals surface area contributed by atoms with Crippen LogP contribution in [0, 0.1) is 0 Å². The third kappa shape index (κ3) is 1.76. The first-order chi connectivity index (χ1) is 7.80. The van der Waals surface area contributed by atoms with E-state index in [1.807, 2.05) is 0 Å². The summed E-state index contributed by atoms with van der Waals surface area (Å²) in [5.74, 6) is -0.108. The van der Waals surface area contributed by atoms with Gasteiger partial charge >= 0.3 is 0 Å². The van der Waals surface area contributed by atoms with Crippen molar-refractivity contribution in [1.82, 2.24) is 9.29 Å². The van der Waals surface area contributed by atoms with Gasteiger partial charge in [0.1, 0.15) is 5.01 Å². The van der Waals surface area contributed by atoms with Crippen LogP contribution in [0.1, 0.15) is 24.5 Å². The molecule has 0 radical (unpaired) electrons. The van der Waals surface area contributed by atoms with Gasteiger partial charge in [0.2, 0.25) is 0 Å². The Morgan fingerprint density at radius 3 is 2.65 bits per heavy atom. The summed E-state index contributed by atoms with van der Waals surface area (Å²) in [4.78, 5) is 15.8. The molecule has 1 saturated heterocycles. The van der Waals surface area contributed by atoms with Gasteiger partial charge in [-0.1, -0.05) is 0 Å². The zero-order valence-electron chi connectivity index (χ0n) is 9.31. The smallest absolute Gasteiger partial charge is 0.259 e. The summed E-state index contributed by atoms with van der Waals surface area (Å²) in [6, 6.07) is 0. The van der Waals surface area contributed by atoms with Crippen LogP contribution < -0.4 is 0 Å². The van der Waals surface area contributed by atoms with Crippen LogP contribution in [0.4, 0.5) is 0 Å². The van der Waals surface area contributed by atoms with E-state index in [9.17, 15) is 13.2 Å². The van der Waals surface area contributed by atoms with Crippen molar-refractivity contribution in [3.05, 3.63) is 16.1 Å². The second-order valence-corrected chi connectivity index (χ2v) is 7.81. The molecule has 2 rings (SSSR count). The maximum absolute atomic E-state index is 11.8. The molecule has 17 heavy (non-hydrogen) atoms. The zero-order valence-corrected chi connectivity index (χ0v) is 11.7. The Kier molecular flexibility index (Phi) is 2.95. The van der Waals surface area contributed by atoms with E-state index in [-0.39, 0.29) is 18.3 Å². The van der Waals surface area contributed by atoms with E-state index < -0.39 is 14.8 Å². The van der Waals surface area contributed by atoms with Gasteiger partial charge in [0.15, 0.2) is 4.75 Å². The fraction of sp³-hybridized carbons (Fsp3) is 0.556. The Labute approximate surface area is 108 Å². The van der Waals surface area contributed by atoms with Gasteiger partial charge in [-0.15, -0.1) is 22.9 Å². The average Bonchev–Trinajstić information content (AvgIpc) is 2.72. The van der Waals surface area contributed by atoms with E-state index in [1.165, 1.54) is 25.2 Å². The topological polar surface area (TPSA) is 67.3 Å². The summed E-state index contributed by atoms with van der Waals surface area (Å²) < 4.78 is 23.2. The Bertz CT molecular complexity index is 565. The number of carbonyl (C=O) groups is 1. The molecule has 1 aromatic heterocycles. The van der Waals surface area contributed by atoms with Gasteiger partial charge in [0.05, 0.1) is 18.1 Å². The maximum atomic E-state index is 11.8. The standard InChI is InChI=1S/C9H11ClN2O3S2/c1-9(2)8(13)12(17(9,14)15)4-7-11-6(3-10)5-16-7/h5H,3-4H2,1-2H3. The zero-order chi connectivity index (χ0) is 12.8. The number of amides is 1. The minimum Gasteiger partial charge on any atom is -0.272 e. The third-order valence-electron chi connectivity index (χ3n) is 2.69. The lowest BCUT2D eigenvalue weighted by Crippen LogP contribution is -2.66. The molecule has 5 nitrogen and oxygen atoms in total. The molecule has 8 heteroatoms. The number of hydrogen-bond donors (Lipinski definition) is 0. The number of nitrogens with zero attached hydrogens (tertiary/aromatic N) is 2. The molecule has 0 unspecified atom stereocenters. The van der Waals surface area contributed by atoms with Crippen LogP contribution >= 0.6 is 22.9 Å². The van der Waals surface area contributed by atoms with Gasteiger partial charge in [-0.25, -0.2) is 17.7 Å². The molecule has 0 atom stereocenters. The van der Waals surface area contributed by atoms with E-state index >= 15 is 0 Å². The highest BCUT2D eigenvalue weighted by Gasteiger charge is 2.60. The largest absolute Gasteiger partial charge is 0.272 e. The van der Waals surface area contributed by atoms with Crippen molar-refractivity contribution in [1.29, 1.82) is 0 Å². The van der Waals surface area contributed by atoms with Crippen molar-refractivity contribution < 1.29 is 13.2 Å². The number of rotatable bonds is 3. The van der Waals surface area contributed by atoms with Crippen molar-refractivity contribution in [2.24, 2.45) is 0 Å². The minimum absolute atomic E-state index is 0.00610. The number of alkyl halides is 1. The number of halogens is 1. The molecule has 0 aromatic carbocycles. The summed E-state index contributed by atoms with van der Waals surface area (Å²) in [6.45, 7) is 2.83. The van der Waals surface area contributed by atoms with Crippen molar-refractivity contribution in [2.75, 3.05) is 0 Å². The first-order valence-electron chi connectivity index (χ1n) is 4.86. The number of sulfonamides is 1. The fourth-order valence-electron chi connectivity index (χ4n) is 1.52. The fourth-order valence-corrected chi connectivity index (χ4v) is 4.10. The van der Waals surface area contributed by atoms with Crippen LogP contribution in [-0.4, -0.2) is 28.4 Å². The van der Waals surface area contributed by atoms with E-state index in [0.717, 1.165) is 4.31 Å². The molecule has 2 heterocycles. The molecule has 1 fully saturated rings. The number of thiazole rings is 1. The van der Waals surface area contributed by atoms with Crippen molar-refractivity contribution in [3.63, 3.8) is 0 Å². The first-order valence-corrected chi connectivity index (χ1v) is 7.72. The average molecular weight is 295 g/mol.